The minimum atomic E-state index is -0.238. The van der Waals surface area contributed by atoms with Crippen LogP contribution in [0.2, 0.25) is 0 Å². The third kappa shape index (κ3) is 3.10. The maximum atomic E-state index is 12.6. The van der Waals surface area contributed by atoms with E-state index in [1.54, 1.807) is 11.3 Å². The van der Waals surface area contributed by atoms with Crippen LogP contribution in [0.15, 0.2) is 40.8 Å². The highest BCUT2D eigenvalue weighted by atomic mass is 32.1. The standard InChI is InChI=1S/C17H19N5O2S/c23-15-5-6-18-16-12(10-20-22(15)16)17(24)19-11-13(14-4-3-9-25-14)21-7-1-2-8-21/h3-6,9-10,13,20H,1-2,7-8,11H2,(H,19,24). The van der Waals surface area contributed by atoms with Crippen molar-refractivity contribution in [3.63, 3.8) is 0 Å². The van der Waals surface area contributed by atoms with Crippen LogP contribution < -0.4 is 10.9 Å². The van der Waals surface area contributed by atoms with Gasteiger partial charge in [0, 0.05) is 29.9 Å². The number of fused-ring (bicyclic) bond motifs is 1. The minimum absolute atomic E-state index is 0.187. The first-order valence-corrected chi connectivity index (χ1v) is 9.23. The highest BCUT2D eigenvalue weighted by molar-refractivity contribution is 7.10. The van der Waals surface area contributed by atoms with Gasteiger partial charge in [0.15, 0.2) is 5.65 Å². The van der Waals surface area contributed by atoms with Gasteiger partial charge in [-0.15, -0.1) is 11.3 Å². The Kier molecular flexibility index (Phi) is 4.37. The van der Waals surface area contributed by atoms with Gasteiger partial charge in [0.1, 0.15) is 5.56 Å². The highest BCUT2D eigenvalue weighted by Gasteiger charge is 2.25. The van der Waals surface area contributed by atoms with Crippen molar-refractivity contribution in [2.45, 2.75) is 18.9 Å². The number of hydrogen-bond acceptors (Lipinski definition) is 5. The molecule has 7 nitrogen and oxygen atoms in total. The van der Waals surface area contributed by atoms with E-state index in [0.717, 1.165) is 13.1 Å². The van der Waals surface area contributed by atoms with Crippen LogP contribution in [0.3, 0.4) is 0 Å². The highest BCUT2D eigenvalue weighted by Crippen LogP contribution is 2.27. The molecule has 4 heterocycles. The number of nitrogens with zero attached hydrogens (tertiary/aromatic N) is 3. The number of nitrogens with one attached hydrogen (secondary N) is 2. The van der Waals surface area contributed by atoms with E-state index in [1.807, 2.05) is 6.07 Å². The number of thiophene rings is 1. The van der Waals surface area contributed by atoms with Crippen molar-refractivity contribution in [2.24, 2.45) is 0 Å². The lowest BCUT2D eigenvalue weighted by atomic mass is 10.2. The molecule has 0 aromatic carbocycles. The molecule has 130 valence electrons. The summed E-state index contributed by atoms with van der Waals surface area (Å²) in [6, 6.07) is 5.70. The van der Waals surface area contributed by atoms with Gasteiger partial charge in [0.25, 0.3) is 11.5 Å². The summed E-state index contributed by atoms with van der Waals surface area (Å²) < 4.78 is 1.27. The van der Waals surface area contributed by atoms with Gasteiger partial charge in [-0.2, -0.15) is 0 Å². The maximum absolute atomic E-state index is 12.6. The van der Waals surface area contributed by atoms with Crippen molar-refractivity contribution in [3.8, 4) is 0 Å². The second-order valence-electron chi connectivity index (χ2n) is 6.11. The number of carbonyl (C=O) groups is 1. The molecule has 3 aromatic rings. The number of likely N-dealkylation sites (tertiary alicyclic amines) is 1. The zero-order valence-corrected chi connectivity index (χ0v) is 14.5. The Morgan fingerprint density at radius 1 is 1.36 bits per heavy atom. The summed E-state index contributed by atoms with van der Waals surface area (Å²) in [5.41, 5.74) is 0.487. The molecule has 0 spiro atoms. The van der Waals surface area contributed by atoms with Gasteiger partial charge in [-0.1, -0.05) is 6.07 Å². The van der Waals surface area contributed by atoms with E-state index >= 15 is 0 Å². The summed E-state index contributed by atoms with van der Waals surface area (Å²) in [6.45, 7) is 2.65. The molecule has 1 unspecified atom stereocenters. The Morgan fingerprint density at radius 2 is 2.20 bits per heavy atom. The van der Waals surface area contributed by atoms with Crippen LogP contribution in [0.25, 0.3) is 5.65 Å². The smallest absolute Gasteiger partial charge is 0.272 e. The fraction of sp³-hybridized carbons (Fsp3) is 0.353. The summed E-state index contributed by atoms with van der Waals surface area (Å²) >= 11 is 1.71. The molecular formula is C17H19N5O2S. The summed E-state index contributed by atoms with van der Waals surface area (Å²) in [6.07, 6.45) is 5.34. The topological polar surface area (TPSA) is 82.5 Å². The van der Waals surface area contributed by atoms with E-state index in [0.29, 0.717) is 17.8 Å². The van der Waals surface area contributed by atoms with Gasteiger partial charge in [-0.3, -0.25) is 19.6 Å². The molecule has 1 aliphatic rings. The van der Waals surface area contributed by atoms with Gasteiger partial charge in [-0.25, -0.2) is 9.50 Å². The average Bonchev–Trinajstić information content (AvgIpc) is 3.37. The molecule has 0 aliphatic carbocycles. The number of aromatic amines is 1. The van der Waals surface area contributed by atoms with Gasteiger partial charge >= 0.3 is 0 Å². The Hall–Kier alpha value is -2.45. The second-order valence-corrected chi connectivity index (χ2v) is 7.09. The fourth-order valence-electron chi connectivity index (χ4n) is 3.31. The molecule has 25 heavy (non-hydrogen) atoms. The van der Waals surface area contributed by atoms with Gasteiger partial charge < -0.3 is 5.32 Å². The predicted octanol–water partition coefficient (Wildman–Crippen LogP) is 1.65. The molecule has 3 aromatic heterocycles. The van der Waals surface area contributed by atoms with Crippen molar-refractivity contribution in [1.82, 2.24) is 24.8 Å². The number of aromatic nitrogens is 3. The lowest BCUT2D eigenvalue weighted by Gasteiger charge is -2.26. The first-order chi connectivity index (χ1) is 12.2. The molecule has 1 fully saturated rings. The number of carbonyl (C=O) groups excluding carboxylic acids is 1. The van der Waals surface area contributed by atoms with E-state index in [4.69, 9.17) is 0 Å². The maximum Gasteiger partial charge on any atom is 0.272 e. The van der Waals surface area contributed by atoms with E-state index in [9.17, 15) is 9.59 Å². The van der Waals surface area contributed by atoms with Gasteiger partial charge in [0.2, 0.25) is 0 Å². The van der Waals surface area contributed by atoms with E-state index in [1.165, 1.54) is 40.7 Å². The van der Waals surface area contributed by atoms with Crippen molar-refractivity contribution in [1.29, 1.82) is 0 Å². The van der Waals surface area contributed by atoms with E-state index in [2.05, 4.69) is 31.7 Å². The number of rotatable bonds is 5. The summed E-state index contributed by atoms with van der Waals surface area (Å²) in [5.74, 6) is -0.224. The second kappa shape index (κ2) is 6.81. The lowest BCUT2D eigenvalue weighted by Crippen LogP contribution is -2.36. The Balaban J connectivity index is 1.53. The average molecular weight is 357 g/mol. The molecule has 0 radical (unpaired) electrons. The van der Waals surface area contributed by atoms with Crippen LogP contribution >= 0.6 is 11.3 Å². The van der Waals surface area contributed by atoms with Crippen molar-refractivity contribution in [2.75, 3.05) is 19.6 Å². The summed E-state index contributed by atoms with van der Waals surface area (Å²) in [7, 11) is 0. The summed E-state index contributed by atoms with van der Waals surface area (Å²) in [4.78, 5) is 32.2. The van der Waals surface area contributed by atoms with Gasteiger partial charge in [-0.05, 0) is 37.4 Å². The molecule has 8 heteroatoms. The van der Waals surface area contributed by atoms with Crippen molar-refractivity contribution >= 4 is 22.9 Å². The Morgan fingerprint density at radius 3 is 2.96 bits per heavy atom. The molecule has 1 saturated heterocycles. The molecule has 0 bridgehead atoms. The Bertz CT molecular complexity index is 924. The zero-order valence-electron chi connectivity index (χ0n) is 13.6. The number of amides is 1. The van der Waals surface area contributed by atoms with Crippen molar-refractivity contribution in [3.05, 3.63) is 56.8 Å². The third-order valence-electron chi connectivity index (χ3n) is 4.58. The first kappa shape index (κ1) is 16.0. The molecular weight excluding hydrogens is 338 g/mol. The van der Waals surface area contributed by atoms with Crippen molar-refractivity contribution < 1.29 is 4.79 Å². The Labute approximate surface area is 148 Å². The van der Waals surface area contributed by atoms with Gasteiger partial charge in [0.05, 0.1) is 6.04 Å². The fourth-order valence-corrected chi connectivity index (χ4v) is 4.17. The SMILES string of the molecule is O=C(NCC(c1cccs1)N1CCCC1)c1c[nH]n2c(=O)ccnc12. The predicted molar refractivity (Wildman–Crippen MR) is 96.0 cm³/mol. The summed E-state index contributed by atoms with van der Waals surface area (Å²) in [5, 5.41) is 7.86. The third-order valence-corrected chi connectivity index (χ3v) is 5.55. The largest absolute Gasteiger partial charge is 0.350 e. The van der Waals surface area contributed by atoms with Crippen LogP contribution in [0.5, 0.6) is 0 Å². The molecule has 1 atom stereocenters. The zero-order chi connectivity index (χ0) is 17.2. The monoisotopic (exact) mass is 357 g/mol. The molecule has 4 rings (SSSR count). The quantitative estimate of drug-likeness (QED) is 0.727. The van der Waals surface area contributed by atoms with Crippen LogP contribution in [-0.4, -0.2) is 45.0 Å². The van der Waals surface area contributed by atoms with Crippen LogP contribution in [0.4, 0.5) is 0 Å². The number of H-pyrrole nitrogens is 1. The van der Waals surface area contributed by atoms with Crippen LogP contribution in [-0.2, 0) is 0 Å². The molecule has 2 N–H and O–H groups in total. The lowest BCUT2D eigenvalue weighted by molar-refractivity contribution is 0.0940. The van der Waals surface area contributed by atoms with E-state index in [-0.39, 0.29) is 17.5 Å². The minimum Gasteiger partial charge on any atom is -0.350 e. The number of hydrogen-bond donors (Lipinski definition) is 2. The first-order valence-electron chi connectivity index (χ1n) is 8.35. The van der Waals surface area contributed by atoms with Crippen LogP contribution in [0.1, 0.15) is 34.1 Å². The van der Waals surface area contributed by atoms with Crippen LogP contribution in [0, 0.1) is 0 Å². The molecule has 0 saturated carbocycles. The molecule has 1 aliphatic heterocycles. The normalized spacial score (nSPS) is 16.3. The van der Waals surface area contributed by atoms with E-state index < -0.39 is 0 Å². The molecule has 1 amide bonds.